The van der Waals surface area contributed by atoms with Crippen LogP contribution in [0.1, 0.15) is 11.1 Å². The van der Waals surface area contributed by atoms with Crippen molar-refractivity contribution in [1.29, 1.82) is 0 Å². The van der Waals surface area contributed by atoms with Crippen molar-refractivity contribution >= 4 is 34.1 Å². The lowest BCUT2D eigenvalue weighted by molar-refractivity contribution is -0.115. The third-order valence-corrected chi connectivity index (χ3v) is 5.75. The minimum atomic E-state index is -0.172. The van der Waals surface area contributed by atoms with E-state index in [0.717, 1.165) is 15.7 Å². The van der Waals surface area contributed by atoms with E-state index in [1.165, 1.54) is 16.9 Å². The van der Waals surface area contributed by atoms with Crippen LogP contribution in [0.15, 0.2) is 52.9 Å². The first-order valence-corrected chi connectivity index (χ1v) is 9.99. The Kier molecular flexibility index (Phi) is 6.67. The van der Waals surface area contributed by atoms with Crippen LogP contribution in [0.25, 0.3) is 0 Å². The maximum Gasteiger partial charge on any atom is 0.230 e. The number of carbonyl (C=O) groups excluding carboxylic acids is 1. The van der Waals surface area contributed by atoms with Gasteiger partial charge in [0.25, 0.3) is 0 Å². The van der Waals surface area contributed by atoms with E-state index in [-0.39, 0.29) is 12.3 Å². The molecule has 0 bridgehead atoms. The van der Waals surface area contributed by atoms with Gasteiger partial charge in [-0.2, -0.15) is 0 Å². The average Bonchev–Trinajstić information content (AvgIpc) is 3.14. The smallest absolute Gasteiger partial charge is 0.230 e. The number of hydrogen-bond acceptors (Lipinski definition) is 7. The van der Waals surface area contributed by atoms with Crippen molar-refractivity contribution in [1.82, 2.24) is 10.2 Å². The number of carbonyl (C=O) groups is 1. The summed E-state index contributed by atoms with van der Waals surface area (Å²) in [7, 11) is 3.15. The van der Waals surface area contributed by atoms with Gasteiger partial charge in [0.15, 0.2) is 4.34 Å². The largest absolute Gasteiger partial charge is 0.497 e. The van der Waals surface area contributed by atoms with Crippen LogP contribution in [0.5, 0.6) is 11.5 Å². The van der Waals surface area contributed by atoms with Crippen LogP contribution in [0.3, 0.4) is 0 Å². The van der Waals surface area contributed by atoms with Crippen molar-refractivity contribution < 1.29 is 14.3 Å². The van der Waals surface area contributed by atoms with Crippen LogP contribution >= 0.6 is 23.1 Å². The van der Waals surface area contributed by atoms with E-state index in [2.05, 4.69) is 27.6 Å². The second kappa shape index (κ2) is 9.38. The number of nitrogens with zero attached hydrogens (tertiary/aromatic N) is 2. The number of benzene rings is 2. The summed E-state index contributed by atoms with van der Waals surface area (Å²) in [5.41, 5.74) is 1.99. The Morgan fingerprint density at radius 2 is 1.93 bits per heavy atom. The highest BCUT2D eigenvalue weighted by molar-refractivity contribution is 8.00. The number of hydrogen-bond donors (Lipinski definition) is 1. The highest BCUT2D eigenvalue weighted by Gasteiger charge is 2.13. The third kappa shape index (κ3) is 5.45. The van der Waals surface area contributed by atoms with Gasteiger partial charge in [0.2, 0.25) is 11.0 Å². The molecule has 0 unspecified atom stereocenters. The van der Waals surface area contributed by atoms with Gasteiger partial charge in [0.1, 0.15) is 11.5 Å². The van der Waals surface area contributed by atoms with E-state index < -0.39 is 0 Å². The molecule has 0 aliphatic heterocycles. The van der Waals surface area contributed by atoms with E-state index in [4.69, 9.17) is 9.47 Å². The fourth-order valence-electron chi connectivity index (χ4n) is 2.37. The molecule has 3 rings (SSSR count). The van der Waals surface area contributed by atoms with Gasteiger partial charge in [-0.3, -0.25) is 4.79 Å². The summed E-state index contributed by atoms with van der Waals surface area (Å²) in [6.07, 6.45) is 0.180. The number of ether oxygens (including phenoxy) is 2. The molecule has 1 amide bonds. The Labute approximate surface area is 165 Å². The summed E-state index contributed by atoms with van der Waals surface area (Å²) in [6, 6.07) is 15.5. The van der Waals surface area contributed by atoms with E-state index in [1.54, 1.807) is 38.1 Å². The Balaban J connectivity index is 1.56. The van der Waals surface area contributed by atoms with Crippen molar-refractivity contribution in [3.63, 3.8) is 0 Å². The summed E-state index contributed by atoms with van der Waals surface area (Å²) >= 11 is 2.96. The van der Waals surface area contributed by atoms with Crippen molar-refractivity contribution in [2.24, 2.45) is 0 Å². The SMILES string of the molecule is COc1ccc(CC(=O)Nc2nnc(SCc3ccccc3)s2)c(OC)c1. The summed E-state index contributed by atoms with van der Waals surface area (Å²) in [6.45, 7) is 0. The van der Waals surface area contributed by atoms with E-state index in [0.29, 0.717) is 16.6 Å². The predicted octanol–water partition coefficient (Wildman–Crippen LogP) is 4.03. The lowest BCUT2D eigenvalue weighted by Crippen LogP contribution is -2.14. The maximum absolute atomic E-state index is 12.3. The standard InChI is InChI=1S/C19H19N3O3S2/c1-24-15-9-8-14(16(11-15)25-2)10-17(23)20-18-21-22-19(27-18)26-12-13-6-4-3-5-7-13/h3-9,11H,10,12H2,1-2H3,(H,20,21,23). The third-order valence-electron chi connectivity index (χ3n) is 3.70. The number of aromatic nitrogens is 2. The molecule has 0 atom stereocenters. The number of nitrogens with one attached hydrogen (secondary N) is 1. The quantitative estimate of drug-likeness (QED) is 0.454. The summed E-state index contributed by atoms with van der Waals surface area (Å²) < 4.78 is 11.3. The van der Waals surface area contributed by atoms with Crippen LogP contribution in [-0.4, -0.2) is 30.3 Å². The molecule has 0 saturated heterocycles. The van der Waals surface area contributed by atoms with Crippen LogP contribution in [0.4, 0.5) is 5.13 Å². The molecule has 0 spiro atoms. The van der Waals surface area contributed by atoms with Crippen molar-refractivity contribution in [3.05, 3.63) is 59.7 Å². The molecule has 1 aromatic heterocycles. The van der Waals surface area contributed by atoms with Gasteiger partial charge in [0.05, 0.1) is 20.6 Å². The Hall–Kier alpha value is -2.58. The highest BCUT2D eigenvalue weighted by atomic mass is 32.2. The number of anilines is 1. The molecular weight excluding hydrogens is 382 g/mol. The second-order valence-electron chi connectivity index (χ2n) is 5.55. The minimum absolute atomic E-state index is 0.172. The fourth-order valence-corrected chi connectivity index (χ4v) is 4.10. The fraction of sp³-hybridized carbons (Fsp3) is 0.211. The molecule has 1 N–H and O–H groups in total. The van der Waals surface area contributed by atoms with Gasteiger partial charge in [0, 0.05) is 17.4 Å². The predicted molar refractivity (Wildman–Crippen MR) is 108 cm³/mol. The zero-order chi connectivity index (χ0) is 19.1. The number of amides is 1. The van der Waals surface area contributed by atoms with Crippen LogP contribution in [-0.2, 0) is 17.0 Å². The van der Waals surface area contributed by atoms with Crippen molar-refractivity contribution in [3.8, 4) is 11.5 Å². The minimum Gasteiger partial charge on any atom is -0.497 e. The van der Waals surface area contributed by atoms with E-state index in [9.17, 15) is 4.79 Å². The second-order valence-corrected chi connectivity index (χ2v) is 7.75. The molecule has 1 heterocycles. The lowest BCUT2D eigenvalue weighted by Gasteiger charge is -2.09. The monoisotopic (exact) mass is 401 g/mol. The molecule has 0 aliphatic carbocycles. The lowest BCUT2D eigenvalue weighted by atomic mass is 10.1. The Morgan fingerprint density at radius 1 is 1.11 bits per heavy atom. The normalized spacial score (nSPS) is 10.4. The topological polar surface area (TPSA) is 73.3 Å². The number of rotatable bonds is 8. The van der Waals surface area contributed by atoms with Gasteiger partial charge >= 0.3 is 0 Å². The molecule has 0 fully saturated rings. The van der Waals surface area contributed by atoms with Gasteiger partial charge in [-0.1, -0.05) is 59.5 Å². The Bertz CT molecular complexity index is 900. The molecule has 140 valence electrons. The molecule has 3 aromatic rings. The van der Waals surface area contributed by atoms with Gasteiger partial charge in [-0.05, 0) is 11.6 Å². The van der Waals surface area contributed by atoms with Crippen molar-refractivity contribution in [2.75, 3.05) is 19.5 Å². The first-order valence-electron chi connectivity index (χ1n) is 8.19. The Morgan fingerprint density at radius 3 is 2.67 bits per heavy atom. The molecular formula is C19H19N3O3S2. The van der Waals surface area contributed by atoms with Crippen LogP contribution < -0.4 is 14.8 Å². The van der Waals surface area contributed by atoms with Gasteiger partial charge < -0.3 is 14.8 Å². The van der Waals surface area contributed by atoms with Gasteiger partial charge in [-0.15, -0.1) is 10.2 Å². The summed E-state index contributed by atoms with van der Waals surface area (Å²) in [4.78, 5) is 12.3. The van der Waals surface area contributed by atoms with Crippen LogP contribution in [0, 0.1) is 0 Å². The molecule has 0 radical (unpaired) electrons. The zero-order valence-electron chi connectivity index (χ0n) is 15.0. The van der Waals surface area contributed by atoms with E-state index in [1.807, 2.05) is 24.3 Å². The first kappa shape index (κ1) is 19.2. The number of thioether (sulfide) groups is 1. The zero-order valence-corrected chi connectivity index (χ0v) is 16.6. The number of methoxy groups -OCH3 is 2. The molecule has 27 heavy (non-hydrogen) atoms. The molecule has 8 heteroatoms. The summed E-state index contributed by atoms with van der Waals surface area (Å²) in [5.74, 6) is 1.93. The molecule has 6 nitrogen and oxygen atoms in total. The van der Waals surface area contributed by atoms with E-state index >= 15 is 0 Å². The highest BCUT2D eigenvalue weighted by Crippen LogP contribution is 2.29. The van der Waals surface area contributed by atoms with Crippen molar-refractivity contribution in [2.45, 2.75) is 16.5 Å². The average molecular weight is 402 g/mol. The maximum atomic E-state index is 12.3. The first-order chi connectivity index (χ1) is 13.2. The summed E-state index contributed by atoms with van der Waals surface area (Å²) in [5, 5.41) is 11.5. The molecule has 0 aliphatic rings. The van der Waals surface area contributed by atoms with Crippen LogP contribution in [0.2, 0.25) is 0 Å². The molecule has 0 saturated carbocycles. The van der Waals surface area contributed by atoms with Gasteiger partial charge in [-0.25, -0.2) is 0 Å². The molecule has 2 aromatic carbocycles.